The van der Waals surface area contributed by atoms with E-state index in [0.29, 0.717) is 12.0 Å². The number of ether oxygens (including phenoxy) is 7. The van der Waals surface area contributed by atoms with E-state index in [-0.39, 0.29) is 29.6 Å². The first kappa shape index (κ1) is 35.3. The molecule has 2 aromatic carbocycles. The van der Waals surface area contributed by atoms with Crippen LogP contribution in [0, 0.1) is 0 Å². The minimum absolute atomic E-state index is 0.00524. The Morgan fingerprint density at radius 2 is 1.48 bits per heavy atom. The number of phenols is 2. The lowest BCUT2D eigenvalue weighted by atomic mass is 9.97. The molecule has 0 radical (unpaired) electrons. The number of methoxy groups -OCH3 is 2. The number of carbonyl (C=O) groups is 1. The second-order valence-corrected chi connectivity index (χ2v) is 10.8. The zero-order chi connectivity index (χ0) is 33.5. The summed E-state index contributed by atoms with van der Waals surface area (Å²) in [7, 11) is 2.79. The van der Waals surface area contributed by atoms with E-state index in [9.17, 15) is 40.5 Å². The molecule has 0 spiro atoms. The van der Waals surface area contributed by atoms with Crippen molar-refractivity contribution in [2.75, 3.05) is 27.4 Å². The third-order valence-corrected chi connectivity index (χ3v) is 7.66. The topological polar surface area (TPSA) is 223 Å². The fourth-order valence-corrected chi connectivity index (χ4v) is 4.97. The SMILES string of the molecule is COc1cc(C=CC(=O)OC[C@H]2O[C@@H](OCCc3ccc(O)c(OC)c3)[C@H](O)[C@@H](O)[C@@H]2O[C@@H]2O[C@@H](C)[C@H](O)[C@@H](O)[C@H]2O)ccc1O. The normalized spacial score (nSPS) is 31.5. The van der Waals surface area contributed by atoms with Gasteiger partial charge in [0, 0.05) is 6.08 Å². The molecule has 4 rings (SSSR count). The summed E-state index contributed by atoms with van der Waals surface area (Å²) in [4.78, 5) is 12.6. The van der Waals surface area contributed by atoms with Crippen molar-refractivity contribution in [3.05, 3.63) is 53.6 Å². The van der Waals surface area contributed by atoms with Crippen LogP contribution in [0.3, 0.4) is 0 Å². The van der Waals surface area contributed by atoms with Gasteiger partial charge < -0.3 is 68.9 Å². The highest BCUT2D eigenvalue weighted by Gasteiger charge is 2.50. The molecule has 0 bridgehead atoms. The van der Waals surface area contributed by atoms with Gasteiger partial charge in [0.05, 0.1) is 26.9 Å². The Balaban J connectivity index is 1.45. The number of benzene rings is 2. The maximum Gasteiger partial charge on any atom is 0.330 e. The van der Waals surface area contributed by atoms with Gasteiger partial charge in [0.15, 0.2) is 35.6 Å². The average Bonchev–Trinajstić information content (AvgIpc) is 3.05. The lowest BCUT2D eigenvalue weighted by Crippen LogP contribution is -2.64. The van der Waals surface area contributed by atoms with Gasteiger partial charge in [-0.15, -0.1) is 0 Å². The summed E-state index contributed by atoms with van der Waals surface area (Å²) >= 11 is 0. The molecule has 7 N–H and O–H groups in total. The smallest absolute Gasteiger partial charge is 0.330 e. The van der Waals surface area contributed by atoms with Crippen molar-refractivity contribution in [3.8, 4) is 23.0 Å². The summed E-state index contributed by atoms with van der Waals surface area (Å²) in [5, 5.41) is 72.2. The van der Waals surface area contributed by atoms with E-state index >= 15 is 0 Å². The maximum absolute atomic E-state index is 12.6. The van der Waals surface area contributed by atoms with Crippen LogP contribution in [-0.2, 0) is 34.9 Å². The van der Waals surface area contributed by atoms with Crippen molar-refractivity contribution >= 4 is 12.0 Å². The molecule has 46 heavy (non-hydrogen) atoms. The zero-order valence-electron chi connectivity index (χ0n) is 25.4. The number of aliphatic hydroxyl groups excluding tert-OH is 5. The molecular weight excluding hydrogens is 612 g/mol. The Kier molecular flexibility index (Phi) is 12.2. The van der Waals surface area contributed by atoms with Gasteiger partial charge in [0.25, 0.3) is 0 Å². The Morgan fingerprint density at radius 1 is 0.826 bits per heavy atom. The predicted octanol–water partition coefficient (Wildman–Crippen LogP) is -0.410. The standard InChI is InChI=1S/C31H40O15/c1-15-24(35)25(36)27(38)31(44-15)46-29-22(14-43-23(34)9-6-16-4-7-18(32)20(12-16)40-2)45-30(28(39)26(29)37)42-11-10-17-5-8-19(33)21(13-17)41-3/h4-9,12-13,15,22,24-33,35-39H,10-11,14H2,1-3H3/t15-,22+,24-,25+,26+,27+,28+,29+,30+,31-/m0/s1. The van der Waals surface area contributed by atoms with Crippen LogP contribution in [0.25, 0.3) is 6.08 Å². The number of carbonyl (C=O) groups excluding carboxylic acids is 1. The molecule has 0 aliphatic carbocycles. The first-order valence-corrected chi connectivity index (χ1v) is 14.5. The molecule has 2 aliphatic heterocycles. The Bertz CT molecular complexity index is 1340. The molecule has 0 amide bonds. The minimum Gasteiger partial charge on any atom is -0.504 e. The van der Waals surface area contributed by atoms with Gasteiger partial charge in [-0.3, -0.25) is 0 Å². The highest BCUT2D eigenvalue weighted by Crippen LogP contribution is 2.31. The monoisotopic (exact) mass is 652 g/mol. The average molecular weight is 653 g/mol. The Labute approximate surface area is 264 Å². The molecule has 2 fully saturated rings. The van der Waals surface area contributed by atoms with Gasteiger partial charge in [-0.25, -0.2) is 4.79 Å². The van der Waals surface area contributed by atoms with Crippen molar-refractivity contribution in [1.82, 2.24) is 0 Å². The van der Waals surface area contributed by atoms with Crippen LogP contribution in [0.2, 0.25) is 0 Å². The summed E-state index contributed by atoms with van der Waals surface area (Å²) in [6.07, 6.45) is -11.9. The van der Waals surface area contributed by atoms with Gasteiger partial charge in [0.1, 0.15) is 49.3 Å². The number of hydrogen-bond acceptors (Lipinski definition) is 15. The fraction of sp³-hybridized carbons (Fsp3) is 0.516. The fourth-order valence-electron chi connectivity index (χ4n) is 4.97. The molecule has 2 saturated heterocycles. The van der Waals surface area contributed by atoms with Crippen molar-refractivity contribution < 1.29 is 73.7 Å². The number of rotatable bonds is 12. The van der Waals surface area contributed by atoms with E-state index in [2.05, 4.69) is 0 Å². The van der Waals surface area contributed by atoms with Crippen LogP contribution in [0.4, 0.5) is 0 Å². The first-order chi connectivity index (χ1) is 21.9. The Hall–Kier alpha value is -3.51. The van der Waals surface area contributed by atoms with Crippen molar-refractivity contribution in [2.45, 2.75) is 74.8 Å². The molecular formula is C31H40O15. The van der Waals surface area contributed by atoms with Gasteiger partial charge in [0.2, 0.25) is 0 Å². The number of aromatic hydroxyl groups is 2. The second kappa shape index (κ2) is 15.9. The van der Waals surface area contributed by atoms with E-state index < -0.39 is 74.0 Å². The van der Waals surface area contributed by atoms with E-state index in [1.54, 1.807) is 18.2 Å². The largest absolute Gasteiger partial charge is 0.504 e. The second-order valence-electron chi connectivity index (χ2n) is 10.8. The summed E-state index contributed by atoms with van der Waals surface area (Å²) in [6.45, 7) is 0.946. The molecule has 0 unspecified atom stereocenters. The molecule has 254 valence electrons. The molecule has 15 heteroatoms. The number of aliphatic hydroxyl groups is 5. The maximum atomic E-state index is 12.6. The van der Waals surface area contributed by atoms with Crippen LogP contribution < -0.4 is 9.47 Å². The summed E-state index contributed by atoms with van der Waals surface area (Å²) in [6, 6.07) is 9.17. The molecule has 15 nitrogen and oxygen atoms in total. The number of phenolic OH excluding ortho intramolecular Hbond substituents is 2. The zero-order valence-corrected chi connectivity index (χ0v) is 25.4. The molecule has 0 saturated carbocycles. The molecule has 2 aromatic rings. The van der Waals surface area contributed by atoms with Gasteiger partial charge in [-0.2, -0.15) is 0 Å². The van der Waals surface area contributed by atoms with Gasteiger partial charge in [-0.1, -0.05) is 12.1 Å². The molecule has 10 atom stereocenters. The highest BCUT2D eigenvalue weighted by molar-refractivity contribution is 5.87. The van der Waals surface area contributed by atoms with E-state index in [0.717, 1.165) is 11.6 Å². The highest BCUT2D eigenvalue weighted by atomic mass is 16.7. The Morgan fingerprint density at radius 3 is 2.17 bits per heavy atom. The minimum atomic E-state index is -1.72. The third-order valence-electron chi connectivity index (χ3n) is 7.66. The molecule has 2 heterocycles. The summed E-state index contributed by atoms with van der Waals surface area (Å²) < 4.78 is 38.4. The summed E-state index contributed by atoms with van der Waals surface area (Å²) in [5.74, 6) is -0.456. The van der Waals surface area contributed by atoms with Crippen LogP contribution in [0.1, 0.15) is 18.1 Å². The van der Waals surface area contributed by atoms with Crippen LogP contribution in [0.15, 0.2) is 42.5 Å². The van der Waals surface area contributed by atoms with E-state index in [4.69, 9.17) is 33.2 Å². The van der Waals surface area contributed by atoms with E-state index in [1.807, 2.05) is 0 Å². The van der Waals surface area contributed by atoms with Gasteiger partial charge >= 0.3 is 5.97 Å². The van der Waals surface area contributed by atoms with Crippen molar-refractivity contribution in [1.29, 1.82) is 0 Å². The lowest BCUT2D eigenvalue weighted by Gasteiger charge is -2.45. The molecule has 0 aromatic heterocycles. The third kappa shape index (κ3) is 8.44. The van der Waals surface area contributed by atoms with Crippen LogP contribution in [-0.4, -0.2) is 131 Å². The lowest BCUT2D eigenvalue weighted by molar-refractivity contribution is -0.356. The quantitative estimate of drug-likeness (QED) is 0.114. The number of esters is 1. The van der Waals surface area contributed by atoms with Crippen LogP contribution >= 0.6 is 0 Å². The molecule has 2 aliphatic rings. The summed E-state index contributed by atoms with van der Waals surface area (Å²) in [5.41, 5.74) is 1.27. The first-order valence-electron chi connectivity index (χ1n) is 14.5. The van der Waals surface area contributed by atoms with Crippen molar-refractivity contribution in [3.63, 3.8) is 0 Å². The van der Waals surface area contributed by atoms with Crippen molar-refractivity contribution in [2.24, 2.45) is 0 Å². The van der Waals surface area contributed by atoms with Gasteiger partial charge in [-0.05, 0) is 54.8 Å². The number of hydrogen-bond donors (Lipinski definition) is 7. The predicted molar refractivity (Wildman–Crippen MR) is 157 cm³/mol. The van der Waals surface area contributed by atoms with E-state index in [1.165, 1.54) is 45.4 Å². The van der Waals surface area contributed by atoms with Crippen LogP contribution in [0.5, 0.6) is 23.0 Å².